The van der Waals surface area contributed by atoms with Gasteiger partial charge >= 0.3 is 0 Å². The second-order valence-corrected chi connectivity index (χ2v) is 6.07. The predicted octanol–water partition coefficient (Wildman–Crippen LogP) is 0.370. The van der Waals surface area contributed by atoms with E-state index in [9.17, 15) is 9.90 Å². The number of nitrogens with zero attached hydrogens (tertiary/aromatic N) is 6. The molecule has 3 rings (SSSR count). The molecular formula is C16H20N6O2. The Bertz CT molecular complexity index is 683. The van der Waals surface area contributed by atoms with Gasteiger partial charge in [0, 0.05) is 38.7 Å². The topological polar surface area (TPSA) is 95.3 Å². The number of likely N-dealkylation sites (N-methyl/N-ethyl adjacent to an activating group) is 1. The molecule has 0 bridgehead atoms. The summed E-state index contributed by atoms with van der Waals surface area (Å²) in [6.07, 6.45) is 9.25. The molecule has 24 heavy (non-hydrogen) atoms. The first kappa shape index (κ1) is 16.3. The summed E-state index contributed by atoms with van der Waals surface area (Å²) in [6.45, 7) is 1.45. The summed E-state index contributed by atoms with van der Waals surface area (Å²) in [5.41, 5.74) is -0.676. The van der Waals surface area contributed by atoms with Crippen LogP contribution in [0.4, 0.5) is 5.82 Å². The smallest absolute Gasteiger partial charge is 0.272 e. The van der Waals surface area contributed by atoms with Crippen LogP contribution in [0.15, 0.2) is 37.2 Å². The minimum atomic E-state index is -0.993. The van der Waals surface area contributed by atoms with Crippen LogP contribution in [-0.4, -0.2) is 68.1 Å². The standard InChI is InChI=1S/C16H20N6O2/c1-21(15(23)13-3-5-18-12-20-13)10-16(24)4-2-8-22(11-16)14-9-17-6-7-19-14/h3,5-7,9,12,24H,2,4,8,10-11H2,1H3/t16-/m0/s1. The van der Waals surface area contributed by atoms with Crippen molar-refractivity contribution in [2.75, 3.05) is 31.6 Å². The number of carbonyl (C=O) groups excluding carboxylic acids is 1. The van der Waals surface area contributed by atoms with E-state index in [1.54, 1.807) is 31.7 Å². The molecule has 0 saturated carbocycles. The molecule has 0 aliphatic carbocycles. The number of hydrogen-bond donors (Lipinski definition) is 1. The molecule has 8 heteroatoms. The third-order valence-electron chi connectivity index (χ3n) is 4.11. The van der Waals surface area contributed by atoms with Gasteiger partial charge in [0.05, 0.1) is 18.3 Å². The second-order valence-electron chi connectivity index (χ2n) is 6.07. The Hall–Kier alpha value is -2.61. The van der Waals surface area contributed by atoms with E-state index in [0.29, 0.717) is 18.7 Å². The Morgan fingerprint density at radius 1 is 1.33 bits per heavy atom. The van der Waals surface area contributed by atoms with E-state index < -0.39 is 5.60 Å². The van der Waals surface area contributed by atoms with E-state index >= 15 is 0 Å². The normalized spacial score (nSPS) is 20.7. The molecule has 1 aliphatic rings. The Morgan fingerprint density at radius 3 is 2.92 bits per heavy atom. The average molecular weight is 328 g/mol. The summed E-state index contributed by atoms with van der Waals surface area (Å²) >= 11 is 0. The summed E-state index contributed by atoms with van der Waals surface area (Å²) in [4.78, 5) is 32.0. The molecule has 2 aromatic rings. The Kier molecular flexibility index (Phi) is 4.66. The number of aromatic nitrogens is 4. The third kappa shape index (κ3) is 3.65. The van der Waals surface area contributed by atoms with Crippen LogP contribution < -0.4 is 4.90 Å². The number of β-amino-alcohol motifs (C(OH)–C–C–N with tert-alkyl or cyclic N) is 1. The average Bonchev–Trinajstić information content (AvgIpc) is 2.62. The summed E-state index contributed by atoms with van der Waals surface area (Å²) in [5.74, 6) is 0.503. The SMILES string of the molecule is CN(C[C@@]1(O)CCCN(c2cnccn2)C1)C(=O)c1ccncn1. The molecule has 1 amide bonds. The van der Waals surface area contributed by atoms with Crippen molar-refractivity contribution >= 4 is 11.7 Å². The lowest BCUT2D eigenvalue weighted by Crippen LogP contribution is -2.55. The molecule has 1 N–H and O–H groups in total. The number of carbonyl (C=O) groups is 1. The van der Waals surface area contributed by atoms with Crippen LogP contribution in [-0.2, 0) is 0 Å². The van der Waals surface area contributed by atoms with Gasteiger partial charge in [0.15, 0.2) is 0 Å². The number of amides is 1. The minimum Gasteiger partial charge on any atom is -0.386 e. The van der Waals surface area contributed by atoms with Crippen LogP contribution in [0.5, 0.6) is 0 Å². The van der Waals surface area contributed by atoms with E-state index in [1.807, 2.05) is 4.90 Å². The summed E-state index contributed by atoms with van der Waals surface area (Å²) in [7, 11) is 1.67. The largest absolute Gasteiger partial charge is 0.386 e. The van der Waals surface area contributed by atoms with Crippen LogP contribution in [0.2, 0.25) is 0 Å². The highest BCUT2D eigenvalue weighted by Crippen LogP contribution is 2.25. The molecule has 126 valence electrons. The number of rotatable bonds is 4. The van der Waals surface area contributed by atoms with Crippen molar-refractivity contribution in [2.24, 2.45) is 0 Å². The molecule has 3 heterocycles. The first-order valence-electron chi connectivity index (χ1n) is 7.82. The summed E-state index contributed by atoms with van der Waals surface area (Å²) < 4.78 is 0. The molecule has 8 nitrogen and oxygen atoms in total. The Labute approximate surface area is 140 Å². The maximum Gasteiger partial charge on any atom is 0.272 e. The van der Waals surface area contributed by atoms with E-state index in [-0.39, 0.29) is 12.5 Å². The maximum atomic E-state index is 12.4. The van der Waals surface area contributed by atoms with Crippen LogP contribution in [0, 0.1) is 0 Å². The number of piperidine rings is 1. The molecule has 0 aromatic carbocycles. The van der Waals surface area contributed by atoms with Crippen molar-refractivity contribution in [1.29, 1.82) is 0 Å². The minimum absolute atomic E-state index is 0.229. The van der Waals surface area contributed by atoms with Crippen molar-refractivity contribution in [3.8, 4) is 0 Å². The number of hydrogen-bond acceptors (Lipinski definition) is 7. The van der Waals surface area contributed by atoms with Crippen molar-refractivity contribution < 1.29 is 9.90 Å². The highest BCUT2D eigenvalue weighted by molar-refractivity contribution is 5.92. The molecule has 1 saturated heterocycles. The van der Waals surface area contributed by atoms with Gasteiger partial charge < -0.3 is 14.9 Å². The van der Waals surface area contributed by atoms with Crippen LogP contribution in [0.1, 0.15) is 23.3 Å². The van der Waals surface area contributed by atoms with E-state index in [2.05, 4.69) is 19.9 Å². The summed E-state index contributed by atoms with van der Waals surface area (Å²) in [6, 6.07) is 1.57. The van der Waals surface area contributed by atoms with Gasteiger partial charge in [-0.15, -0.1) is 0 Å². The first-order chi connectivity index (χ1) is 11.6. The van der Waals surface area contributed by atoms with Crippen molar-refractivity contribution in [3.05, 3.63) is 42.9 Å². The van der Waals surface area contributed by atoms with E-state index in [4.69, 9.17) is 0 Å². The Balaban J connectivity index is 1.68. The van der Waals surface area contributed by atoms with Gasteiger partial charge in [-0.1, -0.05) is 0 Å². The quantitative estimate of drug-likeness (QED) is 0.866. The summed E-state index contributed by atoms with van der Waals surface area (Å²) in [5, 5.41) is 11.0. The molecule has 0 unspecified atom stereocenters. The van der Waals surface area contributed by atoms with Gasteiger partial charge in [0.2, 0.25) is 0 Å². The van der Waals surface area contributed by atoms with Gasteiger partial charge in [-0.05, 0) is 18.9 Å². The fourth-order valence-electron chi connectivity index (χ4n) is 3.02. The third-order valence-corrected chi connectivity index (χ3v) is 4.11. The van der Waals surface area contributed by atoms with Gasteiger partial charge in [-0.2, -0.15) is 0 Å². The fraction of sp³-hybridized carbons (Fsp3) is 0.438. The van der Waals surface area contributed by atoms with E-state index in [1.165, 1.54) is 17.4 Å². The maximum absolute atomic E-state index is 12.4. The predicted molar refractivity (Wildman–Crippen MR) is 87.4 cm³/mol. The van der Waals surface area contributed by atoms with Crippen molar-refractivity contribution in [2.45, 2.75) is 18.4 Å². The molecule has 0 radical (unpaired) electrons. The molecule has 1 aliphatic heterocycles. The molecule has 1 fully saturated rings. The highest BCUT2D eigenvalue weighted by atomic mass is 16.3. The highest BCUT2D eigenvalue weighted by Gasteiger charge is 2.36. The van der Waals surface area contributed by atoms with Crippen molar-refractivity contribution in [1.82, 2.24) is 24.8 Å². The molecular weight excluding hydrogens is 308 g/mol. The van der Waals surface area contributed by atoms with Gasteiger partial charge in [-0.3, -0.25) is 9.78 Å². The molecule has 0 spiro atoms. The first-order valence-corrected chi connectivity index (χ1v) is 7.82. The van der Waals surface area contributed by atoms with E-state index in [0.717, 1.165) is 18.8 Å². The lowest BCUT2D eigenvalue weighted by Gasteiger charge is -2.41. The lowest BCUT2D eigenvalue weighted by molar-refractivity contribution is -0.000293. The molecule has 2 aromatic heterocycles. The van der Waals surface area contributed by atoms with Crippen LogP contribution >= 0.6 is 0 Å². The lowest BCUT2D eigenvalue weighted by atomic mass is 9.92. The van der Waals surface area contributed by atoms with Gasteiger partial charge in [0.1, 0.15) is 17.8 Å². The zero-order valence-electron chi connectivity index (χ0n) is 13.5. The zero-order chi connectivity index (χ0) is 17.0. The molecule has 1 atom stereocenters. The zero-order valence-corrected chi connectivity index (χ0v) is 13.5. The second kappa shape index (κ2) is 6.88. The fourth-order valence-corrected chi connectivity index (χ4v) is 3.02. The number of anilines is 1. The van der Waals surface area contributed by atoms with Crippen LogP contribution in [0.3, 0.4) is 0 Å². The Morgan fingerprint density at radius 2 is 2.21 bits per heavy atom. The van der Waals surface area contributed by atoms with Crippen molar-refractivity contribution in [3.63, 3.8) is 0 Å². The number of aliphatic hydroxyl groups is 1. The van der Waals surface area contributed by atoms with Crippen LogP contribution in [0.25, 0.3) is 0 Å². The monoisotopic (exact) mass is 328 g/mol. The van der Waals surface area contributed by atoms with Gasteiger partial charge in [-0.25, -0.2) is 15.0 Å². The van der Waals surface area contributed by atoms with Gasteiger partial charge in [0.25, 0.3) is 5.91 Å².